The summed E-state index contributed by atoms with van der Waals surface area (Å²) in [5, 5.41) is 7.50. The Morgan fingerprint density at radius 1 is 1.04 bits per heavy atom. The molecule has 0 saturated heterocycles. The third-order valence-electron chi connectivity index (χ3n) is 3.35. The van der Waals surface area contributed by atoms with E-state index in [0.29, 0.717) is 10.7 Å². The van der Waals surface area contributed by atoms with Gasteiger partial charge in [-0.2, -0.15) is 0 Å². The lowest BCUT2D eigenvalue weighted by Gasteiger charge is -2.16. The fraction of sp³-hybridized carbons (Fsp3) is 0.235. The van der Waals surface area contributed by atoms with Crippen LogP contribution in [0.25, 0.3) is 0 Å². The first-order chi connectivity index (χ1) is 11.8. The molecule has 0 aliphatic heterocycles. The summed E-state index contributed by atoms with van der Waals surface area (Å²) >= 11 is 1.22. The van der Waals surface area contributed by atoms with Crippen molar-refractivity contribution in [2.45, 2.75) is 6.92 Å². The van der Waals surface area contributed by atoms with Crippen LogP contribution in [0, 0.1) is 6.92 Å². The van der Waals surface area contributed by atoms with Gasteiger partial charge in [0, 0.05) is 5.69 Å². The smallest absolute Gasteiger partial charge is 0.251 e. The first kappa shape index (κ1) is 18.6. The number of carbonyl (C=O) groups is 3. The number of thiophene rings is 1. The van der Waals surface area contributed by atoms with Gasteiger partial charge in [0.25, 0.3) is 5.91 Å². The number of nitrogens with two attached hydrogens (primary N) is 1. The molecule has 0 spiro atoms. The van der Waals surface area contributed by atoms with E-state index in [-0.39, 0.29) is 30.5 Å². The minimum atomic E-state index is -0.595. The third kappa shape index (κ3) is 5.70. The molecule has 0 aliphatic carbocycles. The Balaban J connectivity index is 1.82. The number of nitrogens with one attached hydrogen (secondary N) is 2. The van der Waals surface area contributed by atoms with E-state index in [9.17, 15) is 14.4 Å². The molecule has 8 heteroatoms. The van der Waals surface area contributed by atoms with E-state index in [1.54, 1.807) is 23.4 Å². The van der Waals surface area contributed by atoms with Crippen LogP contribution in [0.2, 0.25) is 0 Å². The minimum absolute atomic E-state index is 0.0113. The molecule has 0 radical (unpaired) electrons. The van der Waals surface area contributed by atoms with Gasteiger partial charge >= 0.3 is 0 Å². The number of amides is 3. The van der Waals surface area contributed by atoms with Gasteiger partial charge in [-0.3, -0.25) is 19.3 Å². The van der Waals surface area contributed by atoms with Crippen LogP contribution in [0.1, 0.15) is 15.9 Å². The summed E-state index contributed by atoms with van der Waals surface area (Å²) in [6, 6.07) is 9.01. The van der Waals surface area contributed by atoms with Crippen LogP contribution in [0.5, 0.6) is 0 Å². The fourth-order valence-electron chi connectivity index (χ4n) is 2.15. The SMILES string of the molecule is Cc1ccc(NC(=O)CN(C)CC(=O)Nc2sccc2C(N)=O)cc1. The number of nitrogens with zero attached hydrogens (tertiary/aromatic N) is 1. The molecule has 132 valence electrons. The van der Waals surface area contributed by atoms with Gasteiger partial charge in [0.2, 0.25) is 11.8 Å². The second-order valence-corrected chi connectivity index (χ2v) is 6.58. The Morgan fingerprint density at radius 2 is 1.64 bits per heavy atom. The zero-order valence-electron chi connectivity index (χ0n) is 14.0. The zero-order chi connectivity index (χ0) is 18.4. The fourth-order valence-corrected chi connectivity index (χ4v) is 2.96. The van der Waals surface area contributed by atoms with Crippen LogP contribution in [0.15, 0.2) is 35.7 Å². The van der Waals surface area contributed by atoms with Crippen molar-refractivity contribution in [2.24, 2.45) is 5.73 Å². The van der Waals surface area contributed by atoms with Crippen molar-refractivity contribution in [2.75, 3.05) is 30.8 Å². The van der Waals surface area contributed by atoms with Crippen LogP contribution in [0.3, 0.4) is 0 Å². The molecule has 0 unspecified atom stereocenters. The average Bonchev–Trinajstić information content (AvgIpc) is 2.97. The number of benzene rings is 1. The van der Waals surface area contributed by atoms with E-state index >= 15 is 0 Å². The molecule has 25 heavy (non-hydrogen) atoms. The summed E-state index contributed by atoms with van der Waals surface area (Å²) in [6.07, 6.45) is 0. The molecular weight excluding hydrogens is 340 g/mol. The second kappa shape index (κ2) is 8.41. The normalized spacial score (nSPS) is 10.5. The molecule has 0 bridgehead atoms. The Kier molecular flexibility index (Phi) is 6.26. The van der Waals surface area contributed by atoms with E-state index < -0.39 is 5.91 Å². The van der Waals surface area contributed by atoms with Gasteiger partial charge in [-0.15, -0.1) is 11.3 Å². The molecule has 2 rings (SSSR count). The van der Waals surface area contributed by atoms with Gasteiger partial charge in [0.1, 0.15) is 5.00 Å². The Morgan fingerprint density at radius 3 is 2.24 bits per heavy atom. The highest BCUT2D eigenvalue weighted by Gasteiger charge is 2.15. The van der Waals surface area contributed by atoms with Crippen LogP contribution in [-0.2, 0) is 9.59 Å². The van der Waals surface area contributed by atoms with Crippen molar-refractivity contribution < 1.29 is 14.4 Å². The summed E-state index contributed by atoms with van der Waals surface area (Å²) in [5.41, 5.74) is 7.33. The maximum Gasteiger partial charge on any atom is 0.251 e. The van der Waals surface area contributed by atoms with Crippen LogP contribution in [0.4, 0.5) is 10.7 Å². The topological polar surface area (TPSA) is 105 Å². The molecule has 7 nitrogen and oxygen atoms in total. The number of primary amides is 1. The van der Waals surface area contributed by atoms with E-state index in [0.717, 1.165) is 5.56 Å². The molecule has 1 aromatic carbocycles. The van der Waals surface area contributed by atoms with Gasteiger partial charge in [0.05, 0.1) is 18.7 Å². The van der Waals surface area contributed by atoms with Crippen molar-refractivity contribution >= 4 is 39.7 Å². The molecule has 2 aromatic rings. The van der Waals surface area contributed by atoms with E-state index in [2.05, 4.69) is 10.6 Å². The molecule has 1 heterocycles. The summed E-state index contributed by atoms with van der Waals surface area (Å²) in [6.45, 7) is 2.04. The lowest BCUT2D eigenvalue weighted by molar-refractivity contribution is -0.119. The van der Waals surface area contributed by atoms with Crippen LogP contribution < -0.4 is 16.4 Å². The third-order valence-corrected chi connectivity index (χ3v) is 4.18. The second-order valence-electron chi connectivity index (χ2n) is 5.66. The molecule has 0 saturated carbocycles. The summed E-state index contributed by atoms with van der Waals surface area (Å²) in [4.78, 5) is 36.9. The number of carbonyl (C=O) groups excluding carboxylic acids is 3. The van der Waals surface area contributed by atoms with Crippen LogP contribution in [-0.4, -0.2) is 42.8 Å². The Hall–Kier alpha value is -2.71. The quantitative estimate of drug-likeness (QED) is 0.698. The number of rotatable bonds is 7. The first-order valence-corrected chi connectivity index (χ1v) is 8.45. The van der Waals surface area contributed by atoms with E-state index in [1.165, 1.54) is 11.3 Å². The Labute approximate surface area is 149 Å². The lowest BCUT2D eigenvalue weighted by Crippen LogP contribution is -2.36. The molecule has 0 aliphatic rings. The van der Waals surface area contributed by atoms with Gasteiger partial charge in [-0.05, 0) is 37.6 Å². The van der Waals surface area contributed by atoms with Crippen molar-refractivity contribution in [3.05, 3.63) is 46.8 Å². The molecular formula is C17H20N4O3S. The van der Waals surface area contributed by atoms with Gasteiger partial charge in [-0.1, -0.05) is 17.7 Å². The van der Waals surface area contributed by atoms with Crippen molar-refractivity contribution in [3.63, 3.8) is 0 Å². The number of hydrogen-bond acceptors (Lipinski definition) is 5. The van der Waals surface area contributed by atoms with Crippen molar-refractivity contribution in [1.82, 2.24) is 4.90 Å². The molecule has 0 atom stereocenters. The average molecular weight is 360 g/mol. The minimum Gasteiger partial charge on any atom is -0.366 e. The lowest BCUT2D eigenvalue weighted by atomic mass is 10.2. The first-order valence-electron chi connectivity index (χ1n) is 7.57. The monoisotopic (exact) mass is 360 g/mol. The molecule has 3 amide bonds. The number of anilines is 2. The summed E-state index contributed by atoms with van der Waals surface area (Å²) in [5.74, 6) is -1.13. The van der Waals surface area contributed by atoms with Gasteiger partial charge in [0.15, 0.2) is 0 Å². The number of hydrogen-bond donors (Lipinski definition) is 3. The Bertz CT molecular complexity index is 770. The van der Waals surface area contributed by atoms with Gasteiger partial charge in [-0.25, -0.2) is 0 Å². The highest BCUT2D eigenvalue weighted by Crippen LogP contribution is 2.22. The van der Waals surface area contributed by atoms with Crippen LogP contribution >= 0.6 is 11.3 Å². The number of likely N-dealkylation sites (N-methyl/N-ethyl adjacent to an activating group) is 1. The predicted octanol–water partition coefficient (Wildman–Crippen LogP) is 1.66. The maximum absolute atomic E-state index is 12.0. The predicted molar refractivity (Wildman–Crippen MR) is 98.8 cm³/mol. The highest BCUT2D eigenvalue weighted by molar-refractivity contribution is 7.14. The number of aryl methyl sites for hydroxylation is 1. The largest absolute Gasteiger partial charge is 0.366 e. The van der Waals surface area contributed by atoms with Crippen molar-refractivity contribution in [3.8, 4) is 0 Å². The van der Waals surface area contributed by atoms with E-state index in [1.807, 2.05) is 31.2 Å². The van der Waals surface area contributed by atoms with Crippen molar-refractivity contribution in [1.29, 1.82) is 0 Å². The molecule has 4 N–H and O–H groups in total. The standard InChI is InChI=1S/C17H20N4O3S/c1-11-3-5-12(6-4-11)19-14(22)9-21(2)10-15(23)20-17-13(16(18)24)7-8-25-17/h3-8H,9-10H2,1-2H3,(H2,18,24)(H,19,22)(H,20,23). The van der Waals surface area contributed by atoms with Gasteiger partial charge < -0.3 is 16.4 Å². The highest BCUT2D eigenvalue weighted by atomic mass is 32.1. The maximum atomic E-state index is 12.0. The summed E-state index contributed by atoms with van der Waals surface area (Å²) in [7, 11) is 1.66. The molecule has 0 fully saturated rings. The zero-order valence-corrected chi connectivity index (χ0v) is 14.9. The molecule has 1 aromatic heterocycles. The summed E-state index contributed by atoms with van der Waals surface area (Å²) < 4.78 is 0. The van der Waals surface area contributed by atoms with E-state index in [4.69, 9.17) is 5.73 Å².